The molecule has 4 atom stereocenters. The number of hydrogen-bond acceptors (Lipinski definition) is 7. The Hall–Kier alpha value is -1.57. The molecule has 4 unspecified atom stereocenters. The summed E-state index contributed by atoms with van der Waals surface area (Å²) in [6.45, 7) is 6.59. The van der Waals surface area contributed by atoms with E-state index >= 15 is 0 Å². The van der Waals surface area contributed by atoms with Crippen LogP contribution in [0.1, 0.15) is 26.7 Å². The zero-order valence-corrected chi connectivity index (χ0v) is 17.6. The molecule has 7 N–H and O–H groups in total. The van der Waals surface area contributed by atoms with Crippen molar-refractivity contribution in [3.63, 3.8) is 0 Å². The fourth-order valence-electron chi connectivity index (χ4n) is 2.16. The molecule has 0 saturated heterocycles. The van der Waals surface area contributed by atoms with Gasteiger partial charge in [-0.3, -0.25) is 22.7 Å². The summed E-state index contributed by atoms with van der Waals surface area (Å²) in [5.41, 5.74) is 5.43. The second kappa shape index (κ2) is 13.6. The second-order valence-electron chi connectivity index (χ2n) is 5.91. The van der Waals surface area contributed by atoms with Gasteiger partial charge in [0.2, 0.25) is 17.7 Å². The average Bonchev–Trinajstić information content (AvgIpc) is 2.61. The van der Waals surface area contributed by atoms with Gasteiger partial charge in [0.05, 0.1) is 12.1 Å². The lowest BCUT2D eigenvalue weighted by molar-refractivity contribution is -0.135. The Morgan fingerprint density at radius 3 is 2.19 bits per heavy atom. The van der Waals surface area contributed by atoms with Gasteiger partial charge in [-0.05, 0) is 39.3 Å². The van der Waals surface area contributed by atoms with Gasteiger partial charge in [0.15, 0.2) is 5.78 Å². The Morgan fingerprint density at radius 2 is 1.74 bits per heavy atom. The van der Waals surface area contributed by atoms with E-state index in [1.165, 1.54) is 13.8 Å². The number of ketones is 1. The van der Waals surface area contributed by atoms with E-state index in [9.17, 15) is 24.3 Å². The lowest BCUT2D eigenvalue weighted by atomic mass is 10.1. The molecule has 0 radical (unpaired) electrons. The Bertz CT molecular complexity index is 543. The second-order valence-corrected chi connectivity index (χ2v) is 6.68. The summed E-state index contributed by atoms with van der Waals surface area (Å²) in [5.74, 6) is -2.18. The van der Waals surface area contributed by atoms with Crippen LogP contribution in [0.3, 0.4) is 0 Å². The third kappa shape index (κ3) is 9.79. The number of amides is 3. The topological polar surface area (TPSA) is 163 Å². The number of nitrogens with two attached hydrogens (primary N) is 1. The minimum absolute atomic E-state index is 0.190. The van der Waals surface area contributed by atoms with E-state index in [0.717, 1.165) is 6.08 Å². The van der Waals surface area contributed by atoms with Crippen molar-refractivity contribution in [1.82, 2.24) is 19.5 Å². The van der Waals surface area contributed by atoms with Crippen LogP contribution < -0.4 is 25.2 Å². The number of rotatable bonds is 13. The lowest BCUT2D eigenvalue weighted by Gasteiger charge is -2.26. The van der Waals surface area contributed by atoms with Crippen LogP contribution in [0.2, 0.25) is 0 Å². The molecule has 11 heteroatoms. The number of nitrogens with one attached hydrogen (secondary N) is 4. The maximum Gasteiger partial charge on any atom is 0.245 e. The van der Waals surface area contributed by atoms with Crippen LogP contribution in [-0.2, 0) is 19.2 Å². The van der Waals surface area contributed by atoms with Crippen LogP contribution >= 0.6 is 22.9 Å². The first-order valence-corrected chi connectivity index (χ1v) is 9.51. The fourth-order valence-corrected chi connectivity index (χ4v) is 2.47. The van der Waals surface area contributed by atoms with E-state index in [-0.39, 0.29) is 25.2 Å². The Kier molecular flexibility index (Phi) is 12.8. The van der Waals surface area contributed by atoms with Gasteiger partial charge in [-0.15, -0.1) is 0 Å². The van der Waals surface area contributed by atoms with Crippen molar-refractivity contribution >= 4 is 46.4 Å². The largest absolute Gasteiger partial charge is 0.391 e. The smallest absolute Gasteiger partial charge is 0.245 e. The minimum atomic E-state index is -1.30. The summed E-state index contributed by atoms with van der Waals surface area (Å²) in [6.07, 6.45) is 0.297. The van der Waals surface area contributed by atoms with Crippen LogP contribution in [0.4, 0.5) is 0 Å². The van der Waals surface area contributed by atoms with Crippen molar-refractivity contribution in [2.75, 3.05) is 13.1 Å². The van der Waals surface area contributed by atoms with Crippen LogP contribution in [0.25, 0.3) is 0 Å². The average molecular weight is 497 g/mol. The fraction of sp³-hybridized carbons (Fsp3) is 0.625. The number of aliphatic hydroxyl groups is 1. The van der Waals surface area contributed by atoms with Crippen LogP contribution in [0.5, 0.6) is 0 Å². The molecule has 0 spiro atoms. The first-order valence-electron chi connectivity index (χ1n) is 8.43. The molecule has 0 rings (SSSR count). The maximum atomic E-state index is 12.5. The Labute approximate surface area is 172 Å². The molecule has 0 heterocycles. The first-order chi connectivity index (χ1) is 12.7. The van der Waals surface area contributed by atoms with Crippen molar-refractivity contribution in [3.05, 3.63) is 12.7 Å². The molecule has 27 heavy (non-hydrogen) atoms. The summed E-state index contributed by atoms with van der Waals surface area (Å²) in [6, 6.07) is -3.03. The van der Waals surface area contributed by atoms with E-state index in [2.05, 4.69) is 26.1 Å². The number of halogens is 1. The van der Waals surface area contributed by atoms with Crippen molar-refractivity contribution in [3.8, 4) is 0 Å². The standard InChI is InChI=1S/C16H28IN5O5/c1-4-13(25)20-12(6-8-19-17)15(26)22-14(10(3)24)16(27)21-11(5-7-18)9(2)23/h4,10-12,14,19,24H,1,5-8,18H2,2-3H3,(H,20,25)(H,21,27)(H,22,26). The minimum Gasteiger partial charge on any atom is -0.391 e. The predicted octanol–water partition coefficient (Wildman–Crippen LogP) is -1.72. The molecule has 0 aromatic carbocycles. The van der Waals surface area contributed by atoms with E-state index in [1.54, 1.807) is 0 Å². The molecule has 0 saturated carbocycles. The molecule has 0 aliphatic rings. The number of hydrogen-bond donors (Lipinski definition) is 6. The summed E-state index contributed by atoms with van der Waals surface area (Å²) < 4.78 is 2.83. The van der Waals surface area contributed by atoms with Crippen molar-refractivity contribution in [1.29, 1.82) is 0 Å². The maximum absolute atomic E-state index is 12.5. The molecule has 0 aliphatic heterocycles. The Balaban J connectivity index is 5.18. The summed E-state index contributed by atoms with van der Waals surface area (Å²) in [5, 5.41) is 17.3. The van der Waals surface area contributed by atoms with Crippen LogP contribution in [0, 0.1) is 0 Å². The zero-order valence-electron chi connectivity index (χ0n) is 15.5. The van der Waals surface area contributed by atoms with Gasteiger partial charge < -0.3 is 26.8 Å². The lowest BCUT2D eigenvalue weighted by Crippen LogP contribution is -2.59. The van der Waals surface area contributed by atoms with Gasteiger partial charge in [0.25, 0.3) is 0 Å². The first kappa shape index (κ1) is 25.4. The van der Waals surface area contributed by atoms with Crippen molar-refractivity contribution in [2.24, 2.45) is 5.73 Å². The van der Waals surface area contributed by atoms with Crippen molar-refractivity contribution < 1.29 is 24.3 Å². The molecule has 0 aromatic rings. The Morgan fingerprint density at radius 1 is 1.11 bits per heavy atom. The number of aliphatic hydroxyl groups excluding tert-OH is 1. The highest BCUT2D eigenvalue weighted by Gasteiger charge is 2.31. The normalized spacial score (nSPS) is 15.0. The quantitative estimate of drug-likeness (QED) is 0.100. The van der Waals surface area contributed by atoms with Gasteiger partial charge >= 0.3 is 0 Å². The third-order valence-corrected chi connectivity index (χ3v) is 4.21. The highest BCUT2D eigenvalue weighted by molar-refractivity contribution is 14.1. The molecule has 154 valence electrons. The summed E-state index contributed by atoms with van der Waals surface area (Å²) in [7, 11) is 0. The molecule has 3 amide bonds. The van der Waals surface area contributed by atoms with Crippen LogP contribution in [0.15, 0.2) is 12.7 Å². The molecular formula is C16H28IN5O5. The van der Waals surface area contributed by atoms with E-state index < -0.39 is 42.0 Å². The molecular weight excluding hydrogens is 469 g/mol. The number of carbonyl (C=O) groups excluding carboxylic acids is 4. The number of carbonyl (C=O) groups is 4. The number of Topliss-reactive ketones (excluding diaryl/α,β-unsaturated/α-hetero) is 1. The molecule has 0 aromatic heterocycles. The van der Waals surface area contributed by atoms with Gasteiger partial charge in [0, 0.05) is 29.4 Å². The van der Waals surface area contributed by atoms with E-state index in [0.29, 0.717) is 6.54 Å². The van der Waals surface area contributed by atoms with Crippen LogP contribution in [-0.4, -0.2) is 65.9 Å². The van der Waals surface area contributed by atoms with Gasteiger partial charge in [-0.1, -0.05) is 6.58 Å². The SMILES string of the molecule is C=CC(=O)NC(CCNI)C(=O)NC(C(=O)NC(CCN)C(C)=O)C(C)O. The van der Waals surface area contributed by atoms with E-state index in [4.69, 9.17) is 5.73 Å². The summed E-state index contributed by atoms with van der Waals surface area (Å²) in [4.78, 5) is 48.0. The third-order valence-electron chi connectivity index (χ3n) is 3.67. The van der Waals surface area contributed by atoms with Gasteiger partial charge in [0.1, 0.15) is 12.1 Å². The highest BCUT2D eigenvalue weighted by atomic mass is 127. The van der Waals surface area contributed by atoms with Gasteiger partial charge in [-0.25, -0.2) is 0 Å². The summed E-state index contributed by atoms with van der Waals surface area (Å²) >= 11 is 1.90. The highest BCUT2D eigenvalue weighted by Crippen LogP contribution is 2.01. The van der Waals surface area contributed by atoms with Gasteiger partial charge in [-0.2, -0.15) is 0 Å². The molecule has 0 bridgehead atoms. The van der Waals surface area contributed by atoms with E-state index in [1.807, 2.05) is 22.9 Å². The molecule has 0 aliphatic carbocycles. The molecule has 0 fully saturated rings. The zero-order chi connectivity index (χ0) is 21.0. The predicted molar refractivity (Wildman–Crippen MR) is 109 cm³/mol. The monoisotopic (exact) mass is 497 g/mol. The molecule has 10 nitrogen and oxygen atoms in total. The van der Waals surface area contributed by atoms with Crippen molar-refractivity contribution in [2.45, 2.75) is 50.9 Å².